The van der Waals surface area contributed by atoms with E-state index in [9.17, 15) is 0 Å². The molecule has 0 heterocycles. The highest BCUT2D eigenvalue weighted by atomic mass is 79.9. The smallest absolute Gasteiger partial charge is 0.0518 e. The van der Waals surface area contributed by atoms with Crippen LogP contribution in [0, 0.1) is 5.92 Å². The van der Waals surface area contributed by atoms with E-state index in [1.54, 1.807) is 0 Å². The van der Waals surface area contributed by atoms with Crippen molar-refractivity contribution >= 4 is 15.9 Å². The summed E-state index contributed by atoms with van der Waals surface area (Å²) >= 11 is 3.55. The molecule has 1 unspecified atom stereocenters. The highest BCUT2D eigenvalue weighted by Gasteiger charge is 2.11. The van der Waals surface area contributed by atoms with Gasteiger partial charge in [-0.1, -0.05) is 41.9 Å². The monoisotopic (exact) mass is 341 g/mol. The van der Waals surface area contributed by atoms with Crippen LogP contribution in [0.25, 0.3) is 0 Å². The Morgan fingerprint density at radius 3 is 2.55 bits per heavy atom. The Labute approximate surface area is 132 Å². The van der Waals surface area contributed by atoms with Gasteiger partial charge in [-0.2, -0.15) is 0 Å². The maximum atomic E-state index is 5.70. The fraction of sp³-hybridized carbons (Fsp3) is 0.647. The van der Waals surface area contributed by atoms with Gasteiger partial charge in [0.25, 0.3) is 0 Å². The zero-order valence-corrected chi connectivity index (χ0v) is 14.7. The Morgan fingerprint density at radius 1 is 1.20 bits per heavy atom. The minimum atomic E-state index is 0.319. The molecule has 1 rings (SSSR count). The van der Waals surface area contributed by atoms with Crippen LogP contribution >= 0.6 is 15.9 Å². The van der Waals surface area contributed by atoms with E-state index >= 15 is 0 Å². The van der Waals surface area contributed by atoms with E-state index in [-0.39, 0.29) is 0 Å². The summed E-state index contributed by atoms with van der Waals surface area (Å²) in [6, 6.07) is 9.14. The Morgan fingerprint density at radius 2 is 1.95 bits per heavy atom. The molecule has 0 amide bonds. The highest BCUT2D eigenvalue weighted by Crippen LogP contribution is 2.17. The summed E-state index contributed by atoms with van der Waals surface area (Å²) in [4.78, 5) is 0. The number of benzene rings is 1. The second-order valence-corrected chi connectivity index (χ2v) is 6.89. The quantitative estimate of drug-likeness (QED) is 0.717. The van der Waals surface area contributed by atoms with E-state index in [2.05, 4.69) is 73.2 Å². The molecule has 20 heavy (non-hydrogen) atoms. The summed E-state index contributed by atoms with van der Waals surface area (Å²) in [5.74, 6) is 0.616. The van der Waals surface area contributed by atoms with Gasteiger partial charge in [0, 0.05) is 17.1 Å². The molecule has 0 aromatic heterocycles. The number of nitrogens with one attached hydrogen (secondary N) is 1. The van der Waals surface area contributed by atoms with Gasteiger partial charge in [-0.15, -0.1) is 0 Å². The SMILES string of the molecule is CC(C)NCC(CCOC(C)C)Cc1cccc(Br)c1. The molecule has 1 aromatic rings. The molecule has 114 valence electrons. The van der Waals surface area contributed by atoms with Crippen LogP contribution in [0.1, 0.15) is 39.7 Å². The van der Waals surface area contributed by atoms with Gasteiger partial charge in [0.05, 0.1) is 6.10 Å². The van der Waals surface area contributed by atoms with E-state index in [0.29, 0.717) is 18.1 Å². The van der Waals surface area contributed by atoms with Crippen molar-refractivity contribution in [1.29, 1.82) is 0 Å². The van der Waals surface area contributed by atoms with Crippen LogP contribution in [0.2, 0.25) is 0 Å². The normalized spacial score (nSPS) is 13.2. The third kappa shape index (κ3) is 8.03. The molecule has 1 N–H and O–H groups in total. The van der Waals surface area contributed by atoms with Gasteiger partial charge in [-0.3, -0.25) is 0 Å². The first-order chi connectivity index (χ1) is 9.47. The predicted molar refractivity (Wildman–Crippen MR) is 90.2 cm³/mol. The van der Waals surface area contributed by atoms with Crippen molar-refractivity contribution in [1.82, 2.24) is 5.32 Å². The number of halogens is 1. The number of hydrogen-bond donors (Lipinski definition) is 1. The number of rotatable bonds is 9. The van der Waals surface area contributed by atoms with Gasteiger partial charge < -0.3 is 10.1 Å². The summed E-state index contributed by atoms with van der Waals surface area (Å²) in [5.41, 5.74) is 1.39. The largest absolute Gasteiger partial charge is 0.379 e. The highest BCUT2D eigenvalue weighted by molar-refractivity contribution is 9.10. The second kappa shape index (κ2) is 9.54. The summed E-state index contributed by atoms with van der Waals surface area (Å²) < 4.78 is 6.86. The lowest BCUT2D eigenvalue weighted by Gasteiger charge is -2.20. The van der Waals surface area contributed by atoms with Crippen molar-refractivity contribution in [2.24, 2.45) is 5.92 Å². The summed E-state index contributed by atoms with van der Waals surface area (Å²) in [5, 5.41) is 3.55. The fourth-order valence-electron chi connectivity index (χ4n) is 2.15. The lowest BCUT2D eigenvalue weighted by molar-refractivity contribution is 0.0681. The fourth-order valence-corrected chi connectivity index (χ4v) is 2.59. The Hall–Kier alpha value is -0.380. The van der Waals surface area contributed by atoms with E-state index in [0.717, 1.165) is 30.5 Å². The van der Waals surface area contributed by atoms with Gasteiger partial charge in [0.15, 0.2) is 0 Å². The third-order valence-corrected chi connectivity index (χ3v) is 3.70. The molecular formula is C17H28BrNO. The molecule has 0 spiro atoms. The van der Waals surface area contributed by atoms with Gasteiger partial charge in [-0.05, 0) is 56.8 Å². The molecule has 0 aliphatic heterocycles. The zero-order valence-electron chi connectivity index (χ0n) is 13.2. The Balaban J connectivity index is 2.52. The van der Waals surface area contributed by atoms with E-state index in [4.69, 9.17) is 4.74 Å². The van der Waals surface area contributed by atoms with Crippen LogP contribution < -0.4 is 5.32 Å². The van der Waals surface area contributed by atoms with Crippen molar-refractivity contribution in [3.8, 4) is 0 Å². The molecule has 2 nitrogen and oxygen atoms in total. The van der Waals surface area contributed by atoms with Crippen molar-refractivity contribution in [3.63, 3.8) is 0 Å². The molecule has 0 fully saturated rings. The lowest BCUT2D eigenvalue weighted by Crippen LogP contribution is -2.30. The number of ether oxygens (including phenoxy) is 1. The second-order valence-electron chi connectivity index (χ2n) is 5.97. The lowest BCUT2D eigenvalue weighted by atomic mass is 9.96. The maximum absolute atomic E-state index is 5.70. The Kier molecular flexibility index (Phi) is 8.43. The molecule has 0 saturated heterocycles. The molecule has 0 radical (unpaired) electrons. The molecule has 3 heteroatoms. The average molecular weight is 342 g/mol. The number of hydrogen-bond acceptors (Lipinski definition) is 2. The van der Waals surface area contributed by atoms with Crippen LogP contribution in [-0.2, 0) is 11.2 Å². The van der Waals surface area contributed by atoms with Gasteiger partial charge in [0.2, 0.25) is 0 Å². The maximum Gasteiger partial charge on any atom is 0.0518 e. The first kappa shape index (κ1) is 17.7. The summed E-state index contributed by atoms with van der Waals surface area (Å²) in [6.07, 6.45) is 2.52. The van der Waals surface area contributed by atoms with Crippen LogP contribution in [0.4, 0.5) is 0 Å². The van der Waals surface area contributed by atoms with Crippen LogP contribution in [0.3, 0.4) is 0 Å². The standard InChI is InChI=1S/C17H28BrNO/c1-13(2)19-12-16(8-9-20-14(3)4)10-15-6-5-7-17(18)11-15/h5-7,11,13-14,16,19H,8-10,12H2,1-4H3. The minimum absolute atomic E-state index is 0.319. The van der Waals surface area contributed by atoms with Crippen LogP contribution in [0.15, 0.2) is 28.7 Å². The van der Waals surface area contributed by atoms with Crippen molar-refractivity contribution in [3.05, 3.63) is 34.3 Å². The average Bonchev–Trinajstić information content (AvgIpc) is 2.35. The van der Waals surface area contributed by atoms with E-state index in [1.807, 2.05) is 0 Å². The third-order valence-electron chi connectivity index (χ3n) is 3.21. The summed E-state index contributed by atoms with van der Waals surface area (Å²) in [7, 11) is 0. The van der Waals surface area contributed by atoms with Gasteiger partial charge in [-0.25, -0.2) is 0 Å². The molecule has 1 atom stereocenters. The molecule has 1 aromatic carbocycles. The topological polar surface area (TPSA) is 21.3 Å². The first-order valence-corrected chi connectivity index (χ1v) is 8.36. The molecular weight excluding hydrogens is 314 g/mol. The minimum Gasteiger partial charge on any atom is -0.379 e. The summed E-state index contributed by atoms with van der Waals surface area (Å²) in [6.45, 7) is 10.5. The first-order valence-electron chi connectivity index (χ1n) is 7.56. The molecule has 0 aliphatic rings. The van der Waals surface area contributed by atoms with E-state index < -0.39 is 0 Å². The van der Waals surface area contributed by atoms with Crippen LogP contribution in [-0.4, -0.2) is 25.3 Å². The molecule has 0 bridgehead atoms. The van der Waals surface area contributed by atoms with Crippen molar-refractivity contribution in [2.45, 2.75) is 52.7 Å². The van der Waals surface area contributed by atoms with Crippen molar-refractivity contribution < 1.29 is 4.74 Å². The van der Waals surface area contributed by atoms with Crippen molar-refractivity contribution in [2.75, 3.05) is 13.2 Å². The predicted octanol–water partition coefficient (Wildman–Crippen LogP) is 4.42. The van der Waals surface area contributed by atoms with Gasteiger partial charge >= 0.3 is 0 Å². The van der Waals surface area contributed by atoms with Crippen LogP contribution in [0.5, 0.6) is 0 Å². The molecule has 0 saturated carbocycles. The zero-order chi connectivity index (χ0) is 15.0. The molecule has 0 aliphatic carbocycles. The van der Waals surface area contributed by atoms with E-state index in [1.165, 1.54) is 5.56 Å². The Bertz CT molecular complexity index is 379. The van der Waals surface area contributed by atoms with Gasteiger partial charge in [0.1, 0.15) is 0 Å².